The molecule has 0 bridgehead atoms. The highest BCUT2D eigenvalue weighted by atomic mass is 35.5. The molecule has 0 aliphatic carbocycles. The molecule has 1 saturated heterocycles. The van der Waals surface area contributed by atoms with E-state index in [0.717, 1.165) is 0 Å². The SMILES string of the molecule is C[C@H]1CNCCN1S(=O)(=O)c1cc(Cl)cc(Cl)c1.Cl. The molecule has 0 aromatic heterocycles. The summed E-state index contributed by atoms with van der Waals surface area (Å²) >= 11 is 11.7. The summed E-state index contributed by atoms with van der Waals surface area (Å²) < 4.78 is 26.4. The van der Waals surface area contributed by atoms with E-state index >= 15 is 0 Å². The number of nitrogens with zero attached hydrogens (tertiary/aromatic N) is 1. The Hall–Kier alpha value is -0.0400. The lowest BCUT2D eigenvalue weighted by atomic mass is 10.3. The topological polar surface area (TPSA) is 49.4 Å². The van der Waals surface area contributed by atoms with E-state index in [1.54, 1.807) is 0 Å². The fourth-order valence-electron chi connectivity index (χ4n) is 1.99. The maximum absolute atomic E-state index is 12.5. The molecule has 1 atom stereocenters. The molecule has 0 unspecified atom stereocenters. The van der Waals surface area contributed by atoms with Crippen molar-refractivity contribution < 1.29 is 8.42 Å². The molecule has 108 valence electrons. The minimum atomic E-state index is -3.53. The van der Waals surface area contributed by atoms with Crippen molar-refractivity contribution in [1.82, 2.24) is 9.62 Å². The van der Waals surface area contributed by atoms with Crippen molar-refractivity contribution in [3.8, 4) is 0 Å². The van der Waals surface area contributed by atoms with Gasteiger partial charge in [-0.3, -0.25) is 0 Å². The van der Waals surface area contributed by atoms with Crippen LogP contribution < -0.4 is 5.32 Å². The van der Waals surface area contributed by atoms with Crippen LogP contribution in [0.3, 0.4) is 0 Å². The third-order valence-corrected chi connectivity index (χ3v) is 5.31. The van der Waals surface area contributed by atoms with Gasteiger partial charge in [-0.2, -0.15) is 4.31 Å². The van der Waals surface area contributed by atoms with Gasteiger partial charge in [-0.05, 0) is 25.1 Å². The lowest BCUT2D eigenvalue weighted by Gasteiger charge is -2.32. The van der Waals surface area contributed by atoms with Crippen molar-refractivity contribution in [3.05, 3.63) is 28.2 Å². The van der Waals surface area contributed by atoms with Crippen molar-refractivity contribution in [2.24, 2.45) is 0 Å². The Morgan fingerprint density at radius 1 is 1.26 bits per heavy atom. The van der Waals surface area contributed by atoms with Crippen LogP contribution in [-0.4, -0.2) is 38.4 Å². The number of benzene rings is 1. The molecule has 0 amide bonds. The lowest BCUT2D eigenvalue weighted by molar-refractivity contribution is 0.284. The molecule has 8 heteroatoms. The number of nitrogens with one attached hydrogen (secondary N) is 1. The first-order valence-electron chi connectivity index (χ1n) is 5.60. The molecule has 1 heterocycles. The summed E-state index contributed by atoms with van der Waals surface area (Å²) in [7, 11) is -3.53. The largest absolute Gasteiger partial charge is 0.314 e. The Bertz CT molecular complexity index is 531. The van der Waals surface area contributed by atoms with Gasteiger partial charge >= 0.3 is 0 Å². The molecule has 1 aromatic carbocycles. The van der Waals surface area contributed by atoms with Gasteiger partial charge in [0.05, 0.1) is 4.90 Å². The highest BCUT2D eigenvalue weighted by molar-refractivity contribution is 7.89. The van der Waals surface area contributed by atoms with Gasteiger partial charge in [0.15, 0.2) is 0 Å². The standard InChI is InChI=1S/C11H14Cl2N2O2S.ClH/c1-8-7-14-2-3-15(8)18(16,17)11-5-9(12)4-10(13)6-11;/h4-6,8,14H,2-3,7H2,1H3;1H/t8-;/m0./s1. The van der Waals surface area contributed by atoms with Crippen molar-refractivity contribution in [1.29, 1.82) is 0 Å². The van der Waals surface area contributed by atoms with Crippen molar-refractivity contribution in [2.75, 3.05) is 19.6 Å². The highest BCUT2D eigenvalue weighted by Gasteiger charge is 2.31. The monoisotopic (exact) mass is 344 g/mol. The minimum absolute atomic E-state index is 0. The van der Waals surface area contributed by atoms with Gasteiger partial charge in [-0.1, -0.05) is 23.2 Å². The molecule has 0 spiro atoms. The van der Waals surface area contributed by atoms with Crippen LogP contribution in [0, 0.1) is 0 Å². The number of rotatable bonds is 2. The smallest absolute Gasteiger partial charge is 0.243 e. The van der Waals surface area contributed by atoms with Gasteiger partial charge in [-0.25, -0.2) is 8.42 Å². The summed E-state index contributed by atoms with van der Waals surface area (Å²) in [6, 6.07) is 4.29. The molecule has 1 aliphatic rings. The van der Waals surface area contributed by atoms with E-state index in [2.05, 4.69) is 5.32 Å². The van der Waals surface area contributed by atoms with Gasteiger partial charge in [-0.15, -0.1) is 12.4 Å². The normalized spacial score (nSPS) is 20.9. The number of sulfonamides is 1. The number of halogens is 3. The zero-order valence-corrected chi connectivity index (χ0v) is 13.4. The fraction of sp³-hybridized carbons (Fsp3) is 0.455. The maximum Gasteiger partial charge on any atom is 0.243 e. The summed E-state index contributed by atoms with van der Waals surface area (Å²) in [6.07, 6.45) is 0. The molecular formula is C11H15Cl3N2O2S. The third kappa shape index (κ3) is 3.74. The van der Waals surface area contributed by atoms with Crippen LogP contribution in [0.5, 0.6) is 0 Å². The second-order valence-corrected chi connectivity index (χ2v) is 7.04. The Labute approximate surface area is 129 Å². The third-order valence-electron chi connectivity index (χ3n) is 2.88. The second-order valence-electron chi connectivity index (χ2n) is 4.27. The van der Waals surface area contributed by atoms with Gasteiger partial charge in [0.1, 0.15) is 0 Å². The maximum atomic E-state index is 12.5. The van der Waals surface area contributed by atoms with Crippen LogP contribution in [0.15, 0.2) is 23.1 Å². The lowest BCUT2D eigenvalue weighted by Crippen LogP contribution is -2.52. The number of hydrogen-bond donors (Lipinski definition) is 1. The summed E-state index contributed by atoms with van der Waals surface area (Å²) in [5.74, 6) is 0. The molecule has 1 N–H and O–H groups in total. The van der Waals surface area contributed by atoms with Crippen molar-refractivity contribution >= 4 is 45.6 Å². The summed E-state index contributed by atoms with van der Waals surface area (Å²) in [5, 5.41) is 3.80. The van der Waals surface area contributed by atoms with Gasteiger partial charge < -0.3 is 5.32 Å². The highest BCUT2D eigenvalue weighted by Crippen LogP contribution is 2.26. The average molecular weight is 346 g/mol. The number of piperazine rings is 1. The van der Waals surface area contributed by atoms with Crippen molar-refractivity contribution in [3.63, 3.8) is 0 Å². The molecule has 0 saturated carbocycles. The Balaban J connectivity index is 0.00000180. The minimum Gasteiger partial charge on any atom is -0.314 e. The van der Waals surface area contributed by atoms with Crippen LogP contribution in [0.25, 0.3) is 0 Å². The van der Waals surface area contributed by atoms with Crippen LogP contribution >= 0.6 is 35.6 Å². The van der Waals surface area contributed by atoms with E-state index in [4.69, 9.17) is 23.2 Å². The van der Waals surface area contributed by atoms with E-state index in [1.807, 2.05) is 6.92 Å². The Morgan fingerprint density at radius 2 is 1.84 bits per heavy atom. The van der Waals surface area contributed by atoms with E-state index in [9.17, 15) is 8.42 Å². The Morgan fingerprint density at radius 3 is 2.37 bits per heavy atom. The van der Waals surface area contributed by atoms with E-state index in [-0.39, 0.29) is 23.3 Å². The predicted molar refractivity (Wildman–Crippen MR) is 79.9 cm³/mol. The summed E-state index contributed by atoms with van der Waals surface area (Å²) in [6.45, 7) is 3.62. The predicted octanol–water partition coefficient (Wildman–Crippen LogP) is 2.40. The molecule has 1 aromatic rings. The molecular weight excluding hydrogens is 331 g/mol. The zero-order chi connectivity index (χ0) is 13.3. The molecule has 0 radical (unpaired) electrons. The molecule has 2 rings (SSSR count). The molecule has 1 aliphatic heterocycles. The van der Waals surface area contributed by atoms with E-state index < -0.39 is 10.0 Å². The van der Waals surface area contributed by atoms with Gasteiger partial charge in [0, 0.05) is 35.7 Å². The van der Waals surface area contributed by atoms with Crippen molar-refractivity contribution in [2.45, 2.75) is 17.9 Å². The first-order valence-corrected chi connectivity index (χ1v) is 7.79. The Kier molecular flexibility index (Phi) is 5.92. The number of hydrogen-bond acceptors (Lipinski definition) is 3. The molecule has 19 heavy (non-hydrogen) atoms. The van der Waals surface area contributed by atoms with E-state index in [0.29, 0.717) is 29.7 Å². The fourth-order valence-corrected chi connectivity index (χ4v) is 4.35. The van der Waals surface area contributed by atoms with E-state index in [1.165, 1.54) is 22.5 Å². The van der Waals surface area contributed by atoms with Crippen LogP contribution in [0.1, 0.15) is 6.92 Å². The van der Waals surface area contributed by atoms with Crippen LogP contribution in [-0.2, 0) is 10.0 Å². The van der Waals surface area contributed by atoms with Crippen LogP contribution in [0.2, 0.25) is 10.0 Å². The van der Waals surface area contributed by atoms with Gasteiger partial charge in [0.25, 0.3) is 0 Å². The second kappa shape index (κ2) is 6.61. The molecule has 1 fully saturated rings. The molecule has 4 nitrogen and oxygen atoms in total. The average Bonchev–Trinajstić information content (AvgIpc) is 2.28. The van der Waals surface area contributed by atoms with Gasteiger partial charge in [0.2, 0.25) is 10.0 Å². The first kappa shape index (κ1) is 17.0. The van der Waals surface area contributed by atoms with Crippen LogP contribution in [0.4, 0.5) is 0 Å². The zero-order valence-electron chi connectivity index (χ0n) is 10.3. The summed E-state index contributed by atoms with van der Waals surface area (Å²) in [4.78, 5) is 0.147. The first-order chi connectivity index (χ1) is 8.41. The summed E-state index contributed by atoms with van der Waals surface area (Å²) in [5.41, 5.74) is 0. The quantitative estimate of drug-likeness (QED) is 0.895.